The van der Waals surface area contributed by atoms with E-state index in [2.05, 4.69) is 122 Å². The van der Waals surface area contributed by atoms with Gasteiger partial charge in [-0.05, 0) is 88.2 Å². The molecule has 1 atom stereocenters. The van der Waals surface area contributed by atoms with Crippen LogP contribution in [0.4, 0.5) is 30.2 Å². The SMILES string of the molecule is CC(C)c1cccc2c1oc1ccc3c(N4c5ccccc5C(c5ccccc5)=C5C=CC=CC54)cc4c(/C(=N/c5ccccc5)c5ccccc5)cc5c(oc6cccc(C(F)(F)F)c65)c4c3c12. The van der Waals surface area contributed by atoms with Gasteiger partial charge in [0.25, 0.3) is 0 Å². The van der Waals surface area contributed by atoms with Gasteiger partial charge < -0.3 is 13.7 Å². The van der Waals surface area contributed by atoms with Gasteiger partial charge in [0, 0.05) is 60.1 Å². The quantitative estimate of drug-likeness (QED) is 0.123. The molecule has 0 saturated carbocycles. The minimum atomic E-state index is -4.66. The van der Waals surface area contributed by atoms with Gasteiger partial charge in [-0.1, -0.05) is 159 Å². The Labute approximate surface area is 395 Å². The average Bonchev–Trinajstić information content (AvgIpc) is 3.96. The number of rotatable bonds is 6. The predicted octanol–water partition coefficient (Wildman–Crippen LogP) is 17.6. The van der Waals surface area contributed by atoms with E-state index in [9.17, 15) is 0 Å². The number of anilines is 2. The van der Waals surface area contributed by atoms with Crippen LogP contribution >= 0.6 is 0 Å². The summed E-state index contributed by atoms with van der Waals surface area (Å²) in [6, 6.07) is 57.2. The number of furan rings is 2. The van der Waals surface area contributed by atoms with Crippen molar-refractivity contribution in [2.45, 2.75) is 32.0 Å². The Morgan fingerprint density at radius 1 is 0.580 bits per heavy atom. The molecule has 0 fully saturated rings. The highest BCUT2D eigenvalue weighted by atomic mass is 19.4. The van der Waals surface area contributed by atoms with Gasteiger partial charge in [-0.3, -0.25) is 0 Å². The maximum atomic E-state index is 15.3. The van der Waals surface area contributed by atoms with Gasteiger partial charge in [0.1, 0.15) is 22.3 Å². The van der Waals surface area contributed by atoms with Crippen LogP contribution < -0.4 is 4.90 Å². The first-order valence-corrected chi connectivity index (χ1v) is 23.3. The molecule has 11 aromatic rings. The molecule has 0 N–H and O–H groups in total. The van der Waals surface area contributed by atoms with Crippen LogP contribution in [0.2, 0.25) is 0 Å². The standard InChI is InChI=1S/C62H41F3N2O2/c1-36(2)40-26-16-27-44-56-53(68-60(40)44)33-32-43-51(67-49-29-14-12-24-41(49)54(37-18-6-3-7-19-37)42-25-13-15-30-50(42)67)35-45-46(59(38-20-8-4-9-21-38)66-39-22-10-5-11-23-39)34-47-55-48(62(63,64)65)28-17-31-52(55)69-61(47)58(45)57(43)56/h3-36,49H,1-2H3/b66-59+. The number of fused-ring (bicyclic) bond motifs is 13. The minimum absolute atomic E-state index is 0.00567. The van der Waals surface area contributed by atoms with E-state index in [4.69, 9.17) is 13.8 Å². The minimum Gasteiger partial charge on any atom is -0.456 e. The molecule has 69 heavy (non-hydrogen) atoms. The fraction of sp³-hybridized carbons (Fsp3) is 0.0806. The first-order chi connectivity index (χ1) is 33.7. The van der Waals surface area contributed by atoms with Gasteiger partial charge in [0.2, 0.25) is 0 Å². The van der Waals surface area contributed by atoms with Crippen LogP contribution in [0.5, 0.6) is 0 Å². The summed E-state index contributed by atoms with van der Waals surface area (Å²) in [6.45, 7) is 4.31. The number of halogens is 3. The van der Waals surface area contributed by atoms with E-state index in [1.54, 1.807) is 6.07 Å². The average molecular weight is 903 g/mol. The molecule has 4 nitrogen and oxygen atoms in total. The third-order valence-corrected chi connectivity index (χ3v) is 13.9. The molecule has 0 radical (unpaired) electrons. The van der Waals surface area contributed by atoms with E-state index < -0.39 is 11.7 Å². The van der Waals surface area contributed by atoms with E-state index in [1.807, 2.05) is 78.9 Å². The molecule has 3 heterocycles. The maximum Gasteiger partial charge on any atom is 0.417 e. The number of allylic oxidation sites excluding steroid dienone is 2. The molecule has 1 unspecified atom stereocenters. The molecule has 0 spiro atoms. The molecular weight excluding hydrogens is 862 g/mol. The molecule has 1 aliphatic carbocycles. The van der Waals surface area contributed by atoms with Gasteiger partial charge in [-0.15, -0.1) is 0 Å². The normalized spacial score (nSPS) is 15.2. The summed E-state index contributed by atoms with van der Waals surface area (Å²) < 4.78 is 59.7. The van der Waals surface area contributed by atoms with E-state index >= 15 is 13.2 Å². The zero-order valence-corrected chi connectivity index (χ0v) is 37.6. The van der Waals surface area contributed by atoms with Gasteiger partial charge in [0.05, 0.1) is 28.7 Å². The number of nitrogens with zero attached hydrogens (tertiary/aromatic N) is 2. The van der Waals surface area contributed by atoms with Crippen molar-refractivity contribution in [2.24, 2.45) is 4.99 Å². The molecule has 13 rings (SSSR count). The molecular formula is C62H41F3N2O2. The second kappa shape index (κ2) is 15.6. The number of benzene rings is 9. The van der Waals surface area contributed by atoms with E-state index in [0.29, 0.717) is 38.9 Å². The van der Waals surface area contributed by atoms with Crippen molar-refractivity contribution < 1.29 is 22.0 Å². The van der Waals surface area contributed by atoms with Crippen LogP contribution in [0.1, 0.15) is 53.1 Å². The van der Waals surface area contributed by atoms with Crippen LogP contribution in [-0.2, 0) is 6.18 Å². The second-order valence-corrected chi connectivity index (χ2v) is 18.2. The molecule has 0 saturated heterocycles. The Morgan fingerprint density at radius 3 is 2.07 bits per heavy atom. The van der Waals surface area contributed by atoms with Crippen LogP contribution in [0.25, 0.3) is 71.0 Å². The summed E-state index contributed by atoms with van der Waals surface area (Å²) in [6.07, 6.45) is 4.02. The van der Waals surface area contributed by atoms with Crippen molar-refractivity contribution >= 4 is 93.8 Å². The van der Waals surface area contributed by atoms with Crippen LogP contribution in [0.15, 0.2) is 220 Å². The van der Waals surface area contributed by atoms with Crippen molar-refractivity contribution in [2.75, 3.05) is 4.90 Å². The van der Waals surface area contributed by atoms with Gasteiger partial charge in [-0.25, -0.2) is 4.99 Å². The fourth-order valence-corrected chi connectivity index (χ4v) is 11.0. The smallest absolute Gasteiger partial charge is 0.417 e. The van der Waals surface area contributed by atoms with Gasteiger partial charge in [0.15, 0.2) is 0 Å². The number of hydrogen-bond donors (Lipinski definition) is 0. The summed E-state index contributed by atoms with van der Waals surface area (Å²) in [5.74, 6) is 0.157. The van der Waals surface area contributed by atoms with Crippen molar-refractivity contribution in [3.8, 4) is 0 Å². The van der Waals surface area contributed by atoms with Crippen LogP contribution in [0.3, 0.4) is 0 Å². The third kappa shape index (κ3) is 6.34. The molecule has 1 aliphatic heterocycles. The third-order valence-electron chi connectivity index (χ3n) is 13.9. The topological polar surface area (TPSA) is 41.9 Å². The largest absolute Gasteiger partial charge is 0.456 e. The number of alkyl halides is 3. The zero-order valence-electron chi connectivity index (χ0n) is 37.6. The van der Waals surface area contributed by atoms with Crippen molar-refractivity contribution in [1.29, 1.82) is 0 Å². The Kier molecular flexibility index (Phi) is 9.21. The summed E-state index contributed by atoms with van der Waals surface area (Å²) in [7, 11) is 0. The Hall–Kier alpha value is -8.42. The lowest BCUT2D eigenvalue weighted by atomic mass is 9.81. The fourth-order valence-electron chi connectivity index (χ4n) is 11.0. The molecule has 0 amide bonds. The van der Waals surface area contributed by atoms with Gasteiger partial charge in [-0.2, -0.15) is 13.2 Å². The Bertz CT molecular complexity index is 4020. The molecule has 7 heteroatoms. The summed E-state index contributed by atoms with van der Waals surface area (Å²) in [5.41, 5.74) is 11.5. The maximum absolute atomic E-state index is 15.3. The highest BCUT2D eigenvalue weighted by Gasteiger charge is 2.37. The van der Waals surface area contributed by atoms with Crippen molar-refractivity contribution in [3.05, 3.63) is 239 Å². The van der Waals surface area contributed by atoms with E-state index in [-0.39, 0.29) is 22.9 Å². The lowest BCUT2D eigenvalue weighted by Gasteiger charge is -2.41. The van der Waals surface area contributed by atoms with Crippen molar-refractivity contribution in [3.63, 3.8) is 0 Å². The van der Waals surface area contributed by atoms with Crippen LogP contribution in [0, 0.1) is 0 Å². The summed E-state index contributed by atoms with van der Waals surface area (Å²) in [4.78, 5) is 7.82. The first-order valence-electron chi connectivity index (χ1n) is 23.3. The second-order valence-electron chi connectivity index (χ2n) is 18.2. The number of aliphatic imine (C=N–C) groups is 1. The van der Waals surface area contributed by atoms with E-state index in [0.717, 1.165) is 83.4 Å². The van der Waals surface area contributed by atoms with Crippen molar-refractivity contribution in [1.82, 2.24) is 0 Å². The van der Waals surface area contributed by atoms with E-state index in [1.165, 1.54) is 6.07 Å². The molecule has 9 aromatic carbocycles. The Balaban J connectivity index is 1.27. The predicted molar refractivity (Wildman–Crippen MR) is 276 cm³/mol. The molecule has 0 bridgehead atoms. The molecule has 2 aliphatic rings. The number of hydrogen-bond acceptors (Lipinski definition) is 4. The highest BCUT2D eigenvalue weighted by Crippen LogP contribution is 2.53. The zero-order chi connectivity index (χ0) is 46.5. The summed E-state index contributed by atoms with van der Waals surface area (Å²) in [5, 5.41) is 5.28. The summed E-state index contributed by atoms with van der Waals surface area (Å²) >= 11 is 0. The highest BCUT2D eigenvalue weighted by molar-refractivity contribution is 6.38. The Morgan fingerprint density at radius 2 is 1.29 bits per heavy atom. The number of para-hydroxylation sites is 3. The lowest BCUT2D eigenvalue weighted by Crippen LogP contribution is -2.36. The molecule has 332 valence electrons. The lowest BCUT2D eigenvalue weighted by molar-refractivity contribution is -0.136. The van der Waals surface area contributed by atoms with Crippen LogP contribution in [-0.4, -0.2) is 11.8 Å². The molecule has 2 aromatic heterocycles. The first kappa shape index (κ1) is 40.8. The monoisotopic (exact) mass is 902 g/mol. The van der Waals surface area contributed by atoms with Gasteiger partial charge >= 0.3 is 6.18 Å².